The van der Waals surface area contributed by atoms with E-state index >= 15 is 0 Å². The van der Waals surface area contributed by atoms with Crippen molar-refractivity contribution < 1.29 is 14.3 Å². The van der Waals surface area contributed by atoms with E-state index in [1.807, 2.05) is 58.9 Å². The summed E-state index contributed by atoms with van der Waals surface area (Å²) < 4.78 is 12.9. The molecule has 0 aliphatic carbocycles. The minimum Gasteiger partial charge on any atom is -0.497 e. The van der Waals surface area contributed by atoms with Gasteiger partial charge in [0.25, 0.3) is 0 Å². The lowest BCUT2D eigenvalue weighted by atomic mass is 10.0. The Morgan fingerprint density at radius 3 is 2.79 bits per heavy atom. The number of hydrogen-bond acceptors (Lipinski definition) is 4. The third-order valence-corrected chi connectivity index (χ3v) is 5.51. The van der Waals surface area contributed by atoms with Gasteiger partial charge in [-0.05, 0) is 50.1 Å². The van der Waals surface area contributed by atoms with Crippen LogP contribution in [-0.2, 0) is 11.3 Å². The van der Waals surface area contributed by atoms with Crippen LogP contribution in [0, 0.1) is 6.92 Å². The molecule has 1 fully saturated rings. The standard InChI is InChI=1S/C22H25N3O3/c1-15-23-18-7-4-5-8-20(18)25(15)14-22(26)24-12-6-9-19(24)17-13-16(27-2)10-11-21(17)28-3/h4-5,7-8,10-11,13,19H,6,9,12,14H2,1-3H3/t19-/m0/s1. The van der Waals surface area contributed by atoms with Crippen LogP contribution in [0.1, 0.15) is 30.3 Å². The predicted octanol–water partition coefficient (Wildman–Crippen LogP) is 3.73. The number of aryl methyl sites for hydroxylation is 1. The van der Waals surface area contributed by atoms with E-state index in [0.29, 0.717) is 0 Å². The number of fused-ring (bicyclic) bond motifs is 1. The molecule has 146 valence electrons. The van der Waals surface area contributed by atoms with Gasteiger partial charge in [0.1, 0.15) is 23.9 Å². The highest BCUT2D eigenvalue weighted by molar-refractivity contribution is 5.81. The molecule has 0 saturated carbocycles. The number of carbonyl (C=O) groups excluding carboxylic acids is 1. The van der Waals surface area contributed by atoms with Crippen molar-refractivity contribution in [3.8, 4) is 11.5 Å². The lowest BCUT2D eigenvalue weighted by Crippen LogP contribution is -2.33. The molecule has 4 rings (SSSR count). The second-order valence-electron chi connectivity index (χ2n) is 7.09. The Morgan fingerprint density at radius 1 is 1.18 bits per heavy atom. The lowest BCUT2D eigenvalue weighted by Gasteiger charge is -2.27. The summed E-state index contributed by atoms with van der Waals surface area (Å²) in [6.45, 7) is 2.98. The summed E-state index contributed by atoms with van der Waals surface area (Å²) in [7, 11) is 3.31. The molecule has 0 bridgehead atoms. The molecule has 1 aliphatic heterocycles. The molecule has 6 nitrogen and oxygen atoms in total. The highest BCUT2D eigenvalue weighted by atomic mass is 16.5. The molecule has 28 heavy (non-hydrogen) atoms. The normalized spacial score (nSPS) is 16.5. The molecule has 0 radical (unpaired) electrons. The first-order valence-electron chi connectivity index (χ1n) is 9.55. The van der Waals surface area contributed by atoms with Gasteiger partial charge in [0.2, 0.25) is 5.91 Å². The molecular formula is C22H25N3O3. The maximum atomic E-state index is 13.3. The fourth-order valence-corrected chi connectivity index (χ4v) is 4.11. The molecule has 0 spiro atoms. The van der Waals surface area contributed by atoms with E-state index in [2.05, 4.69) is 4.98 Å². The summed E-state index contributed by atoms with van der Waals surface area (Å²) in [5, 5.41) is 0. The van der Waals surface area contributed by atoms with Gasteiger partial charge in [0.15, 0.2) is 0 Å². The van der Waals surface area contributed by atoms with Crippen molar-refractivity contribution >= 4 is 16.9 Å². The van der Waals surface area contributed by atoms with E-state index in [0.717, 1.165) is 53.3 Å². The number of benzene rings is 2. The van der Waals surface area contributed by atoms with E-state index in [4.69, 9.17) is 9.47 Å². The zero-order chi connectivity index (χ0) is 19.7. The molecule has 3 aromatic rings. The summed E-state index contributed by atoms with van der Waals surface area (Å²) in [6, 6.07) is 13.7. The SMILES string of the molecule is COc1ccc(OC)c([C@@H]2CCCN2C(=O)Cn2c(C)nc3ccccc32)c1. The number of methoxy groups -OCH3 is 2. The number of ether oxygens (including phenoxy) is 2. The first-order chi connectivity index (χ1) is 13.6. The molecular weight excluding hydrogens is 354 g/mol. The fourth-order valence-electron chi connectivity index (χ4n) is 4.11. The maximum absolute atomic E-state index is 13.3. The summed E-state index contributed by atoms with van der Waals surface area (Å²) in [4.78, 5) is 19.8. The van der Waals surface area contributed by atoms with Gasteiger partial charge in [0.05, 0.1) is 31.3 Å². The van der Waals surface area contributed by atoms with Crippen molar-refractivity contribution in [3.63, 3.8) is 0 Å². The van der Waals surface area contributed by atoms with Gasteiger partial charge in [-0.3, -0.25) is 4.79 Å². The monoisotopic (exact) mass is 379 g/mol. The molecule has 2 heterocycles. The molecule has 2 aromatic carbocycles. The summed E-state index contributed by atoms with van der Waals surface area (Å²) >= 11 is 0. The van der Waals surface area contributed by atoms with Crippen LogP contribution in [0.25, 0.3) is 11.0 Å². The zero-order valence-electron chi connectivity index (χ0n) is 16.5. The van der Waals surface area contributed by atoms with Gasteiger partial charge in [-0.1, -0.05) is 12.1 Å². The Labute approximate surface area is 164 Å². The smallest absolute Gasteiger partial charge is 0.243 e. The lowest BCUT2D eigenvalue weighted by molar-refractivity contribution is -0.132. The topological polar surface area (TPSA) is 56.6 Å². The van der Waals surface area contributed by atoms with Crippen molar-refractivity contribution in [1.29, 1.82) is 0 Å². The average Bonchev–Trinajstić information content (AvgIpc) is 3.32. The Bertz CT molecular complexity index is 1010. The number of aromatic nitrogens is 2. The molecule has 0 unspecified atom stereocenters. The Balaban J connectivity index is 1.63. The van der Waals surface area contributed by atoms with Crippen LogP contribution in [0.5, 0.6) is 11.5 Å². The maximum Gasteiger partial charge on any atom is 0.243 e. The van der Waals surface area contributed by atoms with Gasteiger partial charge in [0, 0.05) is 12.1 Å². The van der Waals surface area contributed by atoms with E-state index in [1.165, 1.54) is 0 Å². The van der Waals surface area contributed by atoms with E-state index < -0.39 is 0 Å². The highest BCUT2D eigenvalue weighted by Crippen LogP contribution is 2.39. The minimum atomic E-state index is -0.00681. The summed E-state index contributed by atoms with van der Waals surface area (Å²) in [5.41, 5.74) is 2.91. The van der Waals surface area contributed by atoms with Gasteiger partial charge < -0.3 is 18.9 Å². The van der Waals surface area contributed by atoms with Gasteiger partial charge >= 0.3 is 0 Å². The van der Waals surface area contributed by atoms with Crippen LogP contribution in [-0.4, -0.2) is 41.1 Å². The number of likely N-dealkylation sites (tertiary alicyclic amines) is 1. The van der Waals surface area contributed by atoms with E-state index in [1.54, 1.807) is 14.2 Å². The van der Waals surface area contributed by atoms with Gasteiger partial charge in [-0.2, -0.15) is 0 Å². The molecule has 1 atom stereocenters. The van der Waals surface area contributed by atoms with Crippen molar-refractivity contribution in [2.45, 2.75) is 32.4 Å². The second-order valence-corrected chi connectivity index (χ2v) is 7.09. The van der Waals surface area contributed by atoms with Crippen LogP contribution >= 0.6 is 0 Å². The number of amides is 1. The second kappa shape index (κ2) is 7.54. The zero-order valence-corrected chi connectivity index (χ0v) is 16.5. The summed E-state index contributed by atoms with van der Waals surface area (Å²) in [5.74, 6) is 2.50. The van der Waals surface area contributed by atoms with Crippen LogP contribution < -0.4 is 9.47 Å². The van der Waals surface area contributed by atoms with E-state index in [-0.39, 0.29) is 18.5 Å². The quantitative estimate of drug-likeness (QED) is 0.678. The largest absolute Gasteiger partial charge is 0.497 e. The molecule has 1 aliphatic rings. The van der Waals surface area contributed by atoms with Gasteiger partial charge in [-0.15, -0.1) is 0 Å². The number of carbonyl (C=O) groups is 1. The third kappa shape index (κ3) is 3.19. The van der Waals surface area contributed by atoms with Crippen molar-refractivity contribution in [2.75, 3.05) is 20.8 Å². The van der Waals surface area contributed by atoms with Crippen LogP contribution in [0.15, 0.2) is 42.5 Å². The fraction of sp³-hybridized carbons (Fsp3) is 0.364. The molecule has 6 heteroatoms. The molecule has 1 amide bonds. The van der Waals surface area contributed by atoms with E-state index in [9.17, 15) is 4.79 Å². The third-order valence-electron chi connectivity index (χ3n) is 5.51. The van der Waals surface area contributed by atoms with Crippen LogP contribution in [0.4, 0.5) is 0 Å². The number of hydrogen-bond donors (Lipinski definition) is 0. The Kier molecular flexibility index (Phi) is 4.94. The number of para-hydroxylation sites is 2. The molecule has 0 N–H and O–H groups in total. The first kappa shape index (κ1) is 18.3. The number of nitrogens with zero attached hydrogens (tertiary/aromatic N) is 3. The minimum absolute atomic E-state index is 0.00681. The molecule has 1 saturated heterocycles. The first-order valence-corrected chi connectivity index (χ1v) is 9.55. The Hall–Kier alpha value is -3.02. The van der Waals surface area contributed by atoms with Crippen LogP contribution in [0.2, 0.25) is 0 Å². The van der Waals surface area contributed by atoms with Crippen molar-refractivity contribution in [2.24, 2.45) is 0 Å². The van der Waals surface area contributed by atoms with Gasteiger partial charge in [-0.25, -0.2) is 4.98 Å². The van der Waals surface area contributed by atoms with Crippen molar-refractivity contribution in [1.82, 2.24) is 14.5 Å². The van der Waals surface area contributed by atoms with Crippen molar-refractivity contribution in [3.05, 3.63) is 53.9 Å². The number of imidazole rings is 1. The molecule has 1 aromatic heterocycles. The highest BCUT2D eigenvalue weighted by Gasteiger charge is 2.32. The average molecular weight is 379 g/mol. The number of rotatable bonds is 5. The Morgan fingerprint density at radius 2 is 2.00 bits per heavy atom. The predicted molar refractivity (Wildman–Crippen MR) is 108 cm³/mol. The summed E-state index contributed by atoms with van der Waals surface area (Å²) in [6.07, 6.45) is 1.89. The van der Waals surface area contributed by atoms with Crippen LogP contribution in [0.3, 0.4) is 0 Å².